The van der Waals surface area contributed by atoms with Crippen molar-refractivity contribution in [3.63, 3.8) is 0 Å². The molecule has 1 aliphatic carbocycles. The molecule has 1 atom stereocenters. The minimum atomic E-state index is -3.71. The first-order valence-corrected chi connectivity index (χ1v) is 10.5. The van der Waals surface area contributed by atoms with Crippen LogP contribution in [0.2, 0.25) is 0 Å². The second-order valence-electron chi connectivity index (χ2n) is 7.22. The summed E-state index contributed by atoms with van der Waals surface area (Å²) in [6.07, 6.45) is 4.90. The molecule has 8 nitrogen and oxygen atoms in total. The molecule has 26 heavy (non-hydrogen) atoms. The van der Waals surface area contributed by atoms with E-state index in [0.29, 0.717) is 30.0 Å². The highest BCUT2D eigenvalue weighted by Crippen LogP contribution is 2.29. The smallest absolute Gasteiger partial charge is 0.242 e. The van der Waals surface area contributed by atoms with Gasteiger partial charge in [0.15, 0.2) is 0 Å². The van der Waals surface area contributed by atoms with Gasteiger partial charge in [-0.3, -0.25) is 4.79 Å². The standard InChI is InChI=1S/C17H23N5O3S/c1-21-19-14-7-4-8-15(17(14)20-21)26(24,25)18-10-12-9-16(23)22(11-12)13-5-2-3-6-13/h4,7-8,12-13,18H,2-3,5-6,9-11H2,1H3/t12-/m1/s1. The van der Waals surface area contributed by atoms with Crippen molar-refractivity contribution in [1.82, 2.24) is 24.6 Å². The molecular formula is C17H23N5O3S. The number of nitrogens with zero attached hydrogens (tertiary/aromatic N) is 4. The second-order valence-corrected chi connectivity index (χ2v) is 8.96. The van der Waals surface area contributed by atoms with Crippen LogP contribution in [-0.2, 0) is 21.9 Å². The van der Waals surface area contributed by atoms with Crippen LogP contribution in [0.3, 0.4) is 0 Å². The third kappa shape index (κ3) is 3.21. The molecule has 0 spiro atoms. The molecule has 0 unspecified atom stereocenters. The number of aryl methyl sites for hydroxylation is 1. The topological polar surface area (TPSA) is 97.2 Å². The lowest BCUT2D eigenvalue weighted by Gasteiger charge is -2.24. The fourth-order valence-corrected chi connectivity index (χ4v) is 5.32. The number of hydrogen-bond acceptors (Lipinski definition) is 5. The number of nitrogens with one attached hydrogen (secondary N) is 1. The summed E-state index contributed by atoms with van der Waals surface area (Å²) in [6.45, 7) is 0.898. The summed E-state index contributed by atoms with van der Waals surface area (Å²) in [6, 6.07) is 5.27. The third-order valence-electron chi connectivity index (χ3n) is 5.33. The number of fused-ring (bicyclic) bond motifs is 1. The molecule has 1 saturated heterocycles. The van der Waals surface area contributed by atoms with Crippen molar-refractivity contribution in [3.8, 4) is 0 Å². The van der Waals surface area contributed by atoms with E-state index in [1.165, 1.54) is 23.7 Å². The van der Waals surface area contributed by atoms with Gasteiger partial charge in [-0.1, -0.05) is 18.9 Å². The molecule has 1 aromatic carbocycles. The Kier molecular flexibility index (Phi) is 4.44. The lowest BCUT2D eigenvalue weighted by Crippen LogP contribution is -2.36. The van der Waals surface area contributed by atoms with Gasteiger partial charge in [0.25, 0.3) is 0 Å². The quantitative estimate of drug-likeness (QED) is 0.840. The Morgan fingerprint density at radius 1 is 1.23 bits per heavy atom. The Balaban J connectivity index is 1.46. The molecule has 2 aliphatic rings. The van der Waals surface area contributed by atoms with E-state index in [9.17, 15) is 13.2 Å². The van der Waals surface area contributed by atoms with Gasteiger partial charge in [0.1, 0.15) is 15.9 Å². The minimum Gasteiger partial charge on any atom is -0.339 e. The van der Waals surface area contributed by atoms with E-state index in [0.717, 1.165) is 12.8 Å². The van der Waals surface area contributed by atoms with E-state index >= 15 is 0 Å². The van der Waals surface area contributed by atoms with E-state index in [2.05, 4.69) is 14.9 Å². The average Bonchev–Trinajstić information content (AvgIpc) is 3.30. The van der Waals surface area contributed by atoms with E-state index in [1.54, 1.807) is 19.2 Å². The minimum absolute atomic E-state index is 0.0129. The molecule has 1 saturated carbocycles. The number of carbonyl (C=O) groups excluding carboxylic acids is 1. The molecule has 4 rings (SSSR count). The summed E-state index contributed by atoms with van der Waals surface area (Å²) in [7, 11) is -2.05. The van der Waals surface area contributed by atoms with Gasteiger partial charge >= 0.3 is 0 Å². The van der Waals surface area contributed by atoms with Crippen LogP contribution in [0.25, 0.3) is 11.0 Å². The number of benzene rings is 1. The molecule has 9 heteroatoms. The fraction of sp³-hybridized carbons (Fsp3) is 0.588. The van der Waals surface area contributed by atoms with Gasteiger partial charge in [-0.15, -0.1) is 0 Å². The van der Waals surface area contributed by atoms with Crippen LogP contribution in [0.4, 0.5) is 0 Å². The Morgan fingerprint density at radius 3 is 2.77 bits per heavy atom. The van der Waals surface area contributed by atoms with Gasteiger partial charge in [0, 0.05) is 32.6 Å². The monoisotopic (exact) mass is 377 g/mol. The molecule has 2 fully saturated rings. The van der Waals surface area contributed by atoms with Crippen LogP contribution in [0, 0.1) is 5.92 Å². The van der Waals surface area contributed by atoms with Crippen LogP contribution in [-0.4, -0.2) is 53.4 Å². The Bertz CT molecular complexity index is 933. The largest absolute Gasteiger partial charge is 0.339 e. The van der Waals surface area contributed by atoms with Crippen molar-refractivity contribution >= 4 is 27.0 Å². The summed E-state index contributed by atoms with van der Waals surface area (Å²) < 4.78 is 28.2. The van der Waals surface area contributed by atoms with Gasteiger partial charge in [-0.2, -0.15) is 15.0 Å². The van der Waals surface area contributed by atoms with Crippen molar-refractivity contribution < 1.29 is 13.2 Å². The maximum atomic E-state index is 12.7. The summed E-state index contributed by atoms with van der Waals surface area (Å²) in [5.41, 5.74) is 0.899. The van der Waals surface area contributed by atoms with Crippen LogP contribution >= 0.6 is 0 Å². The van der Waals surface area contributed by atoms with Gasteiger partial charge in [-0.05, 0) is 30.9 Å². The molecule has 1 aliphatic heterocycles. The SMILES string of the molecule is Cn1nc2cccc(S(=O)(=O)NC[C@H]3CC(=O)N(C4CCCC4)C3)c2n1. The fourth-order valence-electron chi connectivity index (χ4n) is 4.05. The summed E-state index contributed by atoms with van der Waals surface area (Å²) in [4.78, 5) is 15.7. The van der Waals surface area contributed by atoms with Crippen molar-refractivity contribution in [2.24, 2.45) is 13.0 Å². The molecule has 0 radical (unpaired) electrons. The van der Waals surface area contributed by atoms with E-state index in [1.807, 2.05) is 4.90 Å². The Labute approximate surface area is 152 Å². The van der Waals surface area contributed by atoms with Crippen LogP contribution in [0.5, 0.6) is 0 Å². The van der Waals surface area contributed by atoms with Crippen LogP contribution in [0.15, 0.2) is 23.1 Å². The predicted octanol–water partition coefficient (Wildman–Crippen LogP) is 1.04. The first kappa shape index (κ1) is 17.4. The molecule has 1 N–H and O–H groups in total. The van der Waals surface area contributed by atoms with E-state index in [-0.39, 0.29) is 23.3 Å². The van der Waals surface area contributed by atoms with Crippen molar-refractivity contribution in [3.05, 3.63) is 18.2 Å². The van der Waals surface area contributed by atoms with Crippen LogP contribution in [0.1, 0.15) is 32.1 Å². The molecule has 2 aromatic rings. The summed E-state index contributed by atoms with van der Waals surface area (Å²) >= 11 is 0. The summed E-state index contributed by atoms with van der Waals surface area (Å²) in [5, 5.41) is 8.31. The number of carbonyl (C=O) groups is 1. The average molecular weight is 377 g/mol. The maximum Gasteiger partial charge on any atom is 0.242 e. The zero-order chi connectivity index (χ0) is 18.3. The molecule has 1 aromatic heterocycles. The lowest BCUT2D eigenvalue weighted by atomic mass is 10.1. The number of likely N-dealkylation sites (tertiary alicyclic amines) is 1. The zero-order valence-electron chi connectivity index (χ0n) is 14.8. The normalized spacial score (nSPS) is 22.0. The van der Waals surface area contributed by atoms with Gasteiger partial charge in [0.05, 0.1) is 0 Å². The highest BCUT2D eigenvalue weighted by molar-refractivity contribution is 7.89. The van der Waals surface area contributed by atoms with Crippen molar-refractivity contribution in [1.29, 1.82) is 0 Å². The number of hydrogen-bond donors (Lipinski definition) is 1. The Morgan fingerprint density at radius 2 is 2.00 bits per heavy atom. The molecule has 1 amide bonds. The molecule has 0 bridgehead atoms. The zero-order valence-corrected chi connectivity index (χ0v) is 15.6. The first-order chi connectivity index (χ1) is 12.4. The van der Waals surface area contributed by atoms with E-state index in [4.69, 9.17) is 0 Å². The number of sulfonamides is 1. The highest BCUT2D eigenvalue weighted by Gasteiger charge is 2.36. The third-order valence-corrected chi connectivity index (χ3v) is 6.79. The number of rotatable bonds is 5. The molecule has 2 heterocycles. The van der Waals surface area contributed by atoms with Crippen LogP contribution < -0.4 is 4.72 Å². The van der Waals surface area contributed by atoms with Crippen molar-refractivity contribution in [2.45, 2.75) is 43.0 Å². The molecular weight excluding hydrogens is 354 g/mol. The van der Waals surface area contributed by atoms with Gasteiger partial charge in [0.2, 0.25) is 15.9 Å². The number of amides is 1. The summed E-state index contributed by atoms with van der Waals surface area (Å²) in [5.74, 6) is 0.163. The lowest BCUT2D eigenvalue weighted by molar-refractivity contribution is -0.129. The number of aromatic nitrogens is 3. The van der Waals surface area contributed by atoms with Crippen molar-refractivity contribution in [2.75, 3.05) is 13.1 Å². The maximum absolute atomic E-state index is 12.7. The predicted molar refractivity (Wildman–Crippen MR) is 95.8 cm³/mol. The highest BCUT2D eigenvalue weighted by atomic mass is 32.2. The van der Waals surface area contributed by atoms with Gasteiger partial charge < -0.3 is 4.90 Å². The van der Waals surface area contributed by atoms with E-state index < -0.39 is 10.0 Å². The van der Waals surface area contributed by atoms with Gasteiger partial charge in [-0.25, -0.2) is 13.1 Å². The second kappa shape index (κ2) is 6.62. The molecule has 140 valence electrons. The Hall–Kier alpha value is -2.00. The first-order valence-electron chi connectivity index (χ1n) is 9.03.